The van der Waals surface area contributed by atoms with Gasteiger partial charge in [0.2, 0.25) is 0 Å². The third kappa shape index (κ3) is 3.59. The Bertz CT molecular complexity index is 713. The molecular formula is C16H25N3O4S. The molecule has 2 aliphatic rings. The molecule has 1 aromatic heterocycles. The smallest absolute Gasteiger partial charge is 0.317 e. The molecule has 2 amide bonds. The Labute approximate surface area is 142 Å². The molecule has 0 aliphatic carbocycles. The van der Waals surface area contributed by atoms with Crippen LogP contribution >= 0.6 is 0 Å². The summed E-state index contributed by atoms with van der Waals surface area (Å²) < 4.78 is 30.0. The Hall–Kier alpha value is -1.54. The molecule has 2 fully saturated rings. The number of furan rings is 1. The van der Waals surface area contributed by atoms with Gasteiger partial charge in [0.1, 0.15) is 11.5 Å². The second kappa shape index (κ2) is 6.40. The van der Waals surface area contributed by atoms with Gasteiger partial charge in [-0.05, 0) is 32.9 Å². The number of sulfone groups is 1. The summed E-state index contributed by atoms with van der Waals surface area (Å²) in [4.78, 5) is 16.2. The molecule has 0 aromatic carbocycles. The zero-order valence-electron chi connectivity index (χ0n) is 14.4. The van der Waals surface area contributed by atoms with Crippen LogP contribution in [0.3, 0.4) is 0 Å². The molecule has 7 nitrogen and oxygen atoms in total. The number of hydrogen-bond donors (Lipinski definition) is 1. The van der Waals surface area contributed by atoms with E-state index in [0.717, 1.165) is 11.5 Å². The highest BCUT2D eigenvalue weighted by Crippen LogP contribution is 2.28. The molecule has 1 aromatic rings. The number of nitrogens with one attached hydrogen (secondary N) is 1. The maximum Gasteiger partial charge on any atom is 0.317 e. The zero-order valence-corrected chi connectivity index (χ0v) is 15.2. The molecule has 3 rings (SSSR count). The Balaban J connectivity index is 1.78. The molecule has 0 radical (unpaired) electrons. The maximum absolute atomic E-state index is 12.4. The van der Waals surface area contributed by atoms with Gasteiger partial charge in [-0.2, -0.15) is 0 Å². The standard InChI is InChI=1S/C16H25N3O4S/c1-11(2)17-16(20)19-7-6-18(8-13-5-4-12(3)23-13)14-9-24(21,22)10-15(14)19/h4-5,11,14-15H,6-10H2,1-3H3,(H,17,20)/t14-,15+/m1/s1. The number of carbonyl (C=O) groups excluding carboxylic acids is 1. The number of fused-ring (bicyclic) bond motifs is 1. The quantitative estimate of drug-likeness (QED) is 0.874. The lowest BCUT2D eigenvalue weighted by Gasteiger charge is -2.43. The van der Waals surface area contributed by atoms with Crippen LogP contribution < -0.4 is 5.32 Å². The first kappa shape index (κ1) is 17.3. The lowest BCUT2D eigenvalue weighted by Crippen LogP contribution is -2.62. The van der Waals surface area contributed by atoms with E-state index in [0.29, 0.717) is 19.6 Å². The van der Waals surface area contributed by atoms with Crippen LogP contribution in [0, 0.1) is 6.92 Å². The van der Waals surface area contributed by atoms with Crippen molar-refractivity contribution in [2.75, 3.05) is 24.6 Å². The molecule has 2 saturated heterocycles. The fourth-order valence-corrected chi connectivity index (χ4v) is 5.59. The van der Waals surface area contributed by atoms with Gasteiger partial charge >= 0.3 is 6.03 Å². The number of aryl methyl sites for hydroxylation is 1. The fraction of sp³-hybridized carbons (Fsp3) is 0.688. The molecule has 2 aliphatic heterocycles. The van der Waals surface area contributed by atoms with Crippen molar-refractivity contribution < 1.29 is 17.6 Å². The minimum atomic E-state index is -3.14. The summed E-state index contributed by atoms with van der Waals surface area (Å²) >= 11 is 0. The van der Waals surface area contributed by atoms with Crippen molar-refractivity contribution in [3.05, 3.63) is 23.7 Å². The molecule has 24 heavy (non-hydrogen) atoms. The molecular weight excluding hydrogens is 330 g/mol. The normalized spacial score (nSPS) is 26.6. The highest BCUT2D eigenvalue weighted by molar-refractivity contribution is 7.91. The van der Waals surface area contributed by atoms with Crippen molar-refractivity contribution in [1.82, 2.24) is 15.1 Å². The van der Waals surface area contributed by atoms with Gasteiger partial charge in [0.25, 0.3) is 0 Å². The van der Waals surface area contributed by atoms with Crippen LogP contribution in [0.5, 0.6) is 0 Å². The van der Waals surface area contributed by atoms with Crippen LogP contribution in [-0.4, -0.2) is 67.0 Å². The molecule has 8 heteroatoms. The number of urea groups is 1. The van der Waals surface area contributed by atoms with Crippen LogP contribution in [0.1, 0.15) is 25.4 Å². The van der Waals surface area contributed by atoms with E-state index < -0.39 is 9.84 Å². The van der Waals surface area contributed by atoms with E-state index in [1.165, 1.54) is 0 Å². The molecule has 0 bridgehead atoms. The Morgan fingerprint density at radius 2 is 2.00 bits per heavy atom. The minimum Gasteiger partial charge on any atom is -0.465 e. The van der Waals surface area contributed by atoms with Gasteiger partial charge in [0, 0.05) is 25.2 Å². The van der Waals surface area contributed by atoms with E-state index in [4.69, 9.17) is 4.42 Å². The van der Waals surface area contributed by atoms with Crippen molar-refractivity contribution in [3.63, 3.8) is 0 Å². The van der Waals surface area contributed by atoms with Crippen LogP contribution in [0.15, 0.2) is 16.5 Å². The number of rotatable bonds is 3. The second-order valence-corrected chi connectivity index (χ2v) is 9.15. The first-order chi connectivity index (χ1) is 11.2. The van der Waals surface area contributed by atoms with E-state index in [-0.39, 0.29) is 35.7 Å². The molecule has 0 saturated carbocycles. The summed E-state index contributed by atoms with van der Waals surface area (Å²) in [6.45, 7) is 7.42. The monoisotopic (exact) mass is 355 g/mol. The molecule has 0 spiro atoms. The van der Waals surface area contributed by atoms with Crippen LogP contribution in [0.4, 0.5) is 4.79 Å². The van der Waals surface area contributed by atoms with Crippen molar-refractivity contribution in [2.24, 2.45) is 0 Å². The minimum absolute atomic E-state index is 0.0260. The average Bonchev–Trinajstić information content (AvgIpc) is 3.00. The number of nitrogens with zero attached hydrogens (tertiary/aromatic N) is 2. The highest BCUT2D eigenvalue weighted by Gasteiger charge is 2.48. The summed E-state index contributed by atoms with van der Waals surface area (Å²) in [6.07, 6.45) is 0. The van der Waals surface area contributed by atoms with Crippen molar-refractivity contribution in [3.8, 4) is 0 Å². The van der Waals surface area contributed by atoms with Gasteiger partial charge in [-0.15, -0.1) is 0 Å². The lowest BCUT2D eigenvalue weighted by atomic mass is 10.0. The molecule has 1 N–H and O–H groups in total. The summed E-state index contributed by atoms with van der Waals surface area (Å²) in [5.74, 6) is 1.81. The van der Waals surface area contributed by atoms with Gasteiger partial charge in [0.15, 0.2) is 9.84 Å². The van der Waals surface area contributed by atoms with E-state index >= 15 is 0 Å². The number of hydrogen-bond acceptors (Lipinski definition) is 5. The first-order valence-corrected chi connectivity index (χ1v) is 10.1. The maximum atomic E-state index is 12.4. The third-order valence-corrected chi connectivity index (χ3v) is 6.32. The van der Waals surface area contributed by atoms with E-state index in [1.807, 2.05) is 32.9 Å². The SMILES string of the molecule is Cc1ccc(CN2CCN(C(=O)NC(C)C)[C@H]3CS(=O)(=O)C[C@H]32)o1. The van der Waals surface area contributed by atoms with Crippen molar-refractivity contribution in [1.29, 1.82) is 0 Å². The van der Waals surface area contributed by atoms with Gasteiger partial charge in [-0.1, -0.05) is 0 Å². The van der Waals surface area contributed by atoms with Crippen LogP contribution in [0.25, 0.3) is 0 Å². The topological polar surface area (TPSA) is 82.9 Å². The summed E-state index contributed by atoms with van der Waals surface area (Å²) in [7, 11) is -3.14. The lowest BCUT2D eigenvalue weighted by molar-refractivity contribution is 0.0556. The molecule has 134 valence electrons. The average molecular weight is 355 g/mol. The molecule has 3 heterocycles. The van der Waals surface area contributed by atoms with Gasteiger partial charge in [-0.25, -0.2) is 13.2 Å². The molecule has 2 atom stereocenters. The number of amides is 2. The van der Waals surface area contributed by atoms with Crippen molar-refractivity contribution >= 4 is 15.9 Å². The van der Waals surface area contributed by atoms with Crippen LogP contribution in [-0.2, 0) is 16.4 Å². The summed E-state index contributed by atoms with van der Waals surface area (Å²) in [5.41, 5.74) is 0. The van der Waals surface area contributed by atoms with E-state index in [9.17, 15) is 13.2 Å². The van der Waals surface area contributed by atoms with Gasteiger partial charge < -0.3 is 14.6 Å². The summed E-state index contributed by atoms with van der Waals surface area (Å²) in [5, 5.41) is 2.88. The molecule has 0 unspecified atom stereocenters. The third-order valence-electron chi connectivity index (χ3n) is 4.62. The Kier molecular flexibility index (Phi) is 4.61. The first-order valence-electron chi connectivity index (χ1n) is 8.32. The predicted octanol–water partition coefficient (Wildman–Crippen LogP) is 0.989. The van der Waals surface area contributed by atoms with Crippen molar-refractivity contribution in [2.45, 2.75) is 45.4 Å². The Morgan fingerprint density at radius 1 is 1.29 bits per heavy atom. The van der Waals surface area contributed by atoms with Gasteiger partial charge in [0.05, 0.1) is 24.1 Å². The van der Waals surface area contributed by atoms with E-state index in [1.54, 1.807) is 4.90 Å². The van der Waals surface area contributed by atoms with E-state index in [2.05, 4.69) is 10.2 Å². The second-order valence-electron chi connectivity index (χ2n) is 6.99. The largest absolute Gasteiger partial charge is 0.465 e. The fourth-order valence-electron chi connectivity index (χ4n) is 3.57. The van der Waals surface area contributed by atoms with Crippen LogP contribution in [0.2, 0.25) is 0 Å². The summed E-state index contributed by atoms with van der Waals surface area (Å²) in [6, 6.07) is 3.21. The zero-order chi connectivity index (χ0) is 17.5. The predicted molar refractivity (Wildman–Crippen MR) is 90.5 cm³/mol. The number of piperazine rings is 1. The Morgan fingerprint density at radius 3 is 2.62 bits per heavy atom. The number of carbonyl (C=O) groups is 1. The highest BCUT2D eigenvalue weighted by atomic mass is 32.2. The van der Waals surface area contributed by atoms with Gasteiger partial charge in [-0.3, -0.25) is 4.90 Å².